The summed E-state index contributed by atoms with van der Waals surface area (Å²) in [4.78, 5) is 19.6. The van der Waals surface area contributed by atoms with Crippen LogP contribution >= 0.6 is 0 Å². The average molecular weight is 378 g/mol. The fraction of sp³-hybridized carbons (Fsp3) is 0.381. The third kappa shape index (κ3) is 3.21. The number of aromatic nitrogens is 1. The van der Waals surface area contributed by atoms with Crippen molar-refractivity contribution in [2.24, 2.45) is 0 Å². The average Bonchev–Trinajstić information content (AvgIpc) is 3.32. The molecule has 7 heteroatoms. The minimum Gasteiger partial charge on any atom is -0.496 e. The highest BCUT2D eigenvalue weighted by Gasteiger charge is 2.37. The third-order valence-electron chi connectivity index (χ3n) is 5.39. The van der Waals surface area contributed by atoms with Crippen molar-refractivity contribution in [1.29, 1.82) is 5.26 Å². The van der Waals surface area contributed by atoms with E-state index in [2.05, 4.69) is 16.4 Å². The minimum absolute atomic E-state index is 0.0443. The molecule has 0 saturated carbocycles. The fourth-order valence-corrected chi connectivity index (χ4v) is 3.98. The molecule has 1 amide bonds. The smallest absolute Gasteiger partial charge is 0.273 e. The molecule has 1 aromatic carbocycles. The maximum Gasteiger partial charge on any atom is 0.273 e. The van der Waals surface area contributed by atoms with Crippen LogP contribution < -0.4 is 10.1 Å². The predicted octanol–water partition coefficient (Wildman–Crippen LogP) is 1.96. The van der Waals surface area contributed by atoms with Gasteiger partial charge in [0.25, 0.3) is 5.91 Å². The van der Waals surface area contributed by atoms with E-state index < -0.39 is 0 Å². The number of carbonyl (C=O) groups is 1. The molecule has 4 rings (SSSR count). The van der Waals surface area contributed by atoms with Gasteiger partial charge in [-0.2, -0.15) is 5.26 Å². The van der Waals surface area contributed by atoms with Gasteiger partial charge in [-0.05, 0) is 30.7 Å². The molecule has 1 N–H and O–H groups in total. The molecule has 1 fully saturated rings. The van der Waals surface area contributed by atoms with E-state index in [1.165, 1.54) is 0 Å². The standard InChI is InChI=1S/C21H22N4O3/c1-27-12-15-8-16(10-23-15)25-11-14-4-5-18(24-20(14)21(25)26)17-7-13(9-22)3-6-19(17)28-2/h3-7,15-16,23H,8,10-12H2,1-2H3/t15-,16+/m0/s1. The summed E-state index contributed by atoms with van der Waals surface area (Å²) >= 11 is 0. The van der Waals surface area contributed by atoms with Crippen LogP contribution in [-0.2, 0) is 11.3 Å². The number of hydrogen-bond acceptors (Lipinski definition) is 6. The second-order valence-electron chi connectivity index (χ2n) is 7.11. The van der Waals surface area contributed by atoms with Gasteiger partial charge < -0.3 is 19.7 Å². The number of fused-ring (bicyclic) bond motifs is 1. The van der Waals surface area contributed by atoms with E-state index >= 15 is 0 Å². The molecule has 0 bridgehead atoms. The topological polar surface area (TPSA) is 87.5 Å². The Hall–Kier alpha value is -2.95. The molecular formula is C21H22N4O3. The van der Waals surface area contributed by atoms with E-state index in [1.54, 1.807) is 32.4 Å². The van der Waals surface area contributed by atoms with Gasteiger partial charge >= 0.3 is 0 Å². The number of methoxy groups -OCH3 is 2. The maximum absolute atomic E-state index is 13.0. The van der Waals surface area contributed by atoms with Crippen molar-refractivity contribution < 1.29 is 14.3 Å². The highest BCUT2D eigenvalue weighted by atomic mass is 16.5. The molecule has 3 heterocycles. The molecule has 28 heavy (non-hydrogen) atoms. The van der Waals surface area contributed by atoms with Gasteiger partial charge in [0.15, 0.2) is 0 Å². The number of hydrogen-bond donors (Lipinski definition) is 1. The van der Waals surface area contributed by atoms with Crippen LogP contribution in [0.5, 0.6) is 5.75 Å². The summed E-state index contributed by atoms with van der Waals surface area (Å²) < 4.78 is 10.6. The van der Waals surface area contributed by atoms with Crippen LogP contribution in [0.1, 0.15) is 28.0 Å². The van der Waals surface area contributed by atoms with Crippen molar-refractivity contribution in [3.05, 3.63) is 47.2 Å². The first-order valence-corrected chi connectivity index (χ1v) is 9.26. The number of nitrogens with one attached hydrogen (secondary N) is 1. The van der Waals surface area contributed by atoms with Crippen LogP contribution in [0, 0.1) is 11.3 Å². The van der Waals surface area contributed by atoms with E-state index in [9.17, 15) is 10.1 Å². The number of amides is 1. The van der Waals surface area contributed by atoms with Crippen molar-refractivity contribution in [2.45, 2.75) is 25.0 Å². The second kappa shape index (κ2) is 7.58. The van der Waals surface area contributed by atoms with Crippen molar-refractivity contribution in [3.8, 4) is 23.1 Å². The summed E-state index contributed by atoms with van der Waals surface area (Å²) in [7, 11) is 3.27. The molecule has 0 radical (unpaired) electrons. The Labute approximate surface area is 163 Å². The number of nitriles is 1. The Kier molecular flexibility index (Phi) is 4.99. The first kappa shape index (κ1) is 18.4. The van der Waals surface area contributed by atoms with Gasteiger partial charge in [-0.1, -0.05) is 6.07 Å². The largest absolute Gasteiger partial charge is 0.496 e. The van der Waals surface area contributed by atoms with Crippen LogP contribution in [0.4, 0.5) is 0 Å². The number of ether oxygens (including phenoxy) is 2. The highest BCUT2D eigenvalue weighted by Crippen LogP contribution is 2.33. The van der Waals surface area contributed by atoms with Gasteiger partial charge in [0, 0.05) is 43.4 Å². The van der Waals surface area contributed by atoms with E-state index in [0.717, 1.165) is 18.5 Å². The van der Waals surface area contributed by atoms with Gasteiger partial charge in [0.1, 0.15) is 11.4 Å². The van der Waals surface area contributed by atoms with Crippen LogP contribution in [0.15, 0.2) is 30.3 Å². The van der Waals surface area contributed by atoms with Crippen LogP contribution in [-0.4, -0.2) is 55.2 Å². The molecule has 2 aliphatic heterocycles. The molecule has 0 aliphatic carbocycles. The number of carbonyl (C=O) groups excluding carboxylic acids is 1. The number of benzene rings is 1. The van der Waals surface area contributed by atoms with Crippen LogP contribution in [0.2, 0.25) is 0 Å². The zero-order valence-corrected chi connectivity index (χ0v) is 15.9. The number of rotatable bonds is 5. The number of pyridine rings is 1. The second-order valence-corrected chi connectivity index (χ2v) is 7.11. The number of nitrogens with zero attached hydrogens (tertiary/aromatic N) is 3. The van der Waals surface area contributed by atoms with Gasteiger partial charge in [0.2, 0.25) is 0 Å². The summed E-state index contributed by atoms with van der Waals surface area (Å²) in [6.07, 6.45) is 0.873. The Morgan fingerprint density at radius 1 is 1.32 bits per heavy atom. The highest BCUT2D eigenvalue weighted by molar-refractivity contribution is 5.97. The van der Waals surface area contributed by atoms with E-state index in [0.29, 0.717) is 41.4 Å². The first-order chi connectivity index (χ1) is 13.6. The molecule has 0 spiro atoms. The Balaban J connectivity index is 1.62. The molecule has 2 atom stereocenters. The lowest BCUT2D eigenvalue weighted by molar-refractivity contribution is 0.0707. The van der Waals surface area contributed by atoms with Crippen molar-refractivity contribution in [2.75, 3.05) is 27.4 Å². The molecule has 0 unspecified atom stereocenters. The summed E-state index contributed by atoms with van der Waals surface area (Å²) in [5.41, 5.74) is 3.27. The lowest BCUT2D eigenvalue weighted by Gasteiger charge is -2.22. The minimum atomic E-state index is -0.0443. The normalized spacial score (nSPS) is 20.9. The molecule has 2 aliphatic rings. The first-order valence-electron chi connectivity index (χ1n) is 9.26. The van der Waals surface area contributed by atoms with Crippen LogP contribution in [0.25, 0.3) is 11.3 Å². The predicted molar refractivity (Wildman–Crippen MR) is 103 cm³/mol. The van der Waals surface area contributed by atoms with Crippen LogP contribution in [0.3, 0.4) is 0 Å². The fourth-order valence-electron chi connectivity index (χ4n) is 3.98. The van der Waals surface area contributed by atoms with Gasteiger partial charge in [0.05, 0.1) is 31.0 Å². The molecular weight excluding hydrogens is 356 g/mol. The van der Waals surface area contributed by atoms with E-state index in [-0.39, 0.29) is 18.0 Å². The lowest BCUT2D eigenvalue weighted by atomic mass is 10.1. The maximum atomic E-state index is 13.0. The van der Waals surface area contributed by atoms with E-state index in [1.807, 2.05) is 17.0 Å². The summed E-state index contributed by atoms with van der Waals surface area (Å²) in [6.45, 7) is 1.98. The Morgan fingerprint density at radius 2 is 2.18 bits per heavy atom. The molecule has 2 aromatic rings. The third-order valence-corrected chi connectivity index (χ3v) is 5.39. The van der Waals surface area contributed by atoms with Gasteiger partial charge in [-0.3, -0.25) is 4.79 Å². The SMILES string of the molecule is COC[C@@H]1C[C@@H](N2Cc3ccc(-c4cc(C#N)ccc4OC)nc3C2=O)CN1. The lowest BCUT2D eigenvalue weighted by Crippen LogP contribution is -2.37. The summed E-state index contributed by atoms with van der Waals surface area (Å²) in [6, 6.07) is 11.6. The molecule has 7 nitrogen and oxygen atoms in total. The Morgan fingerprint density at radius 3 is 2.93 bits per heavy atom. The quantitative estimate of drug-likeness (QED) is 0.856. The monoisotopic (exact) mass is 378 g/mol. The molecule has 1 aromatic heterocycles. The molecule has 1 saturated heterocycles. The zero-order valence-electron chi connectivity index (χ0n) is 15.9. The summed E-state index contributed by atoms with van der Waals surface area (Å²) in [5, 5.41) is 12.6. The summed E-state index contributed by atoms with van der Waals surface area (Å²) in [5.74, 6) is 0.577. The zero-order chi connectivity index (χ0) is 19.7. The Bertz CT molecular complexity index is 953. The van der Waals surface area contributed by atoms with Crippen molar-refractivity contribution in [3.63, 3.8) is 0 Å². The van der Waals surface area contributed by atoms with Gasteiger partial charge in [-0.25, -0.2) is 4.98 Å². The van der Waals surface area contributed by atoms with Crippen molar-refractivity contribution in [1.82, 2.24) is 15.2 Å². The van der Waals surface area contributed by atoms with E-state index in [4.69, 9.17) is 9.47 Å². The van der Waals surface area contributed by atoms with Crippen molar-refractivity contribution >= 4 is 5.91 Å². The molecule has 144 valence electrons. The van der Waals surface area contributed by atoms with Gasteiger partial charge in [-0.15, -0.1) is 0 Å².